The molecule has 0 aliphatic heterocycles. The highest BCUT2D eigenvalue weighted by atomic mass is 35.5. The van der Waals surface area contributed by atoms with Gasteiger partial charge in [-0.1, -0.05) is 34.8 Å². The van der Waals surface area contributed by atoms with Crippen molar-refractivity contribution in [3.63, 3.8) is 0 Å². The van der Waals surface area contributed by atoms with E-state index in [-0.39, 0.29) is 23.7 Å². The molecule has 2 aromatic carbocycles. The Morgan fingerprint density at radius 3 is 2.31 bits per heavy atom. The molecule has 0 unspecified atom stereocenters. The summed E-state index contributed by atoms with van der Waals surface area (Å²) in [6.07, 6.45) is 0.519. The van der Waals surface area contributed by atoms with Crippen molar-refractivity contribution in [2.45, 2.75) is 6.42 Å². The van der Waals surface area contributed by atoms with Crippen LogP contribution >= 0.6 is 34.8 Å². The fourth-order valence-corrected chi connectivity index (χ4v) is 2.56. The Labute approximate surface area is 166 Å². The molecule has 0 bridgehead atoms. The van der Waals surface area contributed by atoms with Crippen molar-refractivity contribution in [3.05, 3.63) is 63.1 Å². The summed E-state index contributed by atoms with van der Waals surface area (Å²) in [6.45, 7) is 0.321. The Morgan fingerprint density at radius 2 is 1.62 bits per heavy atom. The first-order chi connectivity index (χ1) is 12.5. The van der Waals surface area contributed by atoms with E-state index in [2.05, 4.69) is 5.32 Å². The van der Waals surface area contributed by atoms with Crippen molar-refractivity contribution >= 4 is 46.7 Å². The predicted octanol–water partition coefficient (Wildman–Crippen LogP) is 4.39. The van der Waals surface area contributed by atoms with Gasteiger partial charge in [-0.2, -0.15) is 0 Å². The number of nitrogens with one attached hydrogen (secondary N) is 1. The van der Waals surface area contributed by atoms with E-state index in [1.807, 2.05) is 0 Å². The van der Waals surface area contributed by atoms with Gasteiger partial charge in [0, 0.05) is 16.5 Å². The van der Waals surface area contributed by atoms with Gasteiger partial charge in [0.2, 0.25) is 0 Å². The van der Waals surface area contributed by atoms with Crippen LogP contribution in [0.3, 0.4) is 0 Å². The molecular formula is C18H16Cl3NO4. The number of carbonyl (C=O) groups is 2. The van der Waals surface area contributed by atoms with Crippen LogP contribution in [0.15, 0.2) is 42.5 Å². The first-order valence-electron chi connectivity index (χ1n) is 7.73. The molecule has 0 aliphatic rings. The quantitative estimate of drug-likeness (QED) is 0.512. The smallest absolute Gasteiger partial charge is 0.325 e. The molecule has 5 nitrogen and oxygen atoms in total. The van der Waals surface area contributed by atoms with Crippen molar-refractivity contribution in [2.75, 3.05) is 19.8 Å². The standard InChI is InChI=1S/C18H16Cl3NO4/c19-12-2-5-14(6-3-12)25-8-1-9-26-17(23)11-22-18(24)15-7-4-13(20)10-16(15)21/h2-7,10H,1,8-9,11H2,(H,22,24). The lowest BCUT2D eigenvalue weighted by molar-refractivity contribution is -0.142. The third-order valence-electron chi connectivity index (χ3n) is 3.20. The molecule has 0 aliphatic carbocycles. The van der Waals surface area contributed by atoms with Gasteiger partial charge < -0.3 is 14.8 Å². The summed E-state index contributed by atoms with van der Waals surface area (Å²) in [6, 6.07) is 11.5. The van der Waals surface area contributed by atoms with Crippen molar-refractivity contribution < 1.29 is 19.1 Å². The van der Waals surface area contributed by atoms with E-state index in [1.165, 1.54) is 12.1 Å². The minimum atomic E-state index is -0.546. The van der Waals surface area contributed by atoms with Crippen molar-refractivity contribution in [1.82, 2.24) is 5.32 Å². The average molecular weight is 417 g/mol. The minimum Gasteiger partial charge on any atom is -0.493 e. The second-order valence-corrected chi connectivity index (χ2v) is 6.46. The molecule has 138 valence electrons. The highest BCUT2D eigenvalue weighted by Crippen LogP contribution is 2.20. The molecule has 0 saturated heterocycles. The molecule has 8 heteroatoms. The van der Waals surface area contributed by atoms with Gasteiger partial charge in [-0.3, -0.25) is 9.59 Å². The zero-order valence-corrected chi connectivity index (χ0v) is 15.9. The van der Waals surface area contributed by atoms with Gasteiger partial charge >= 0.3 is 5.97 Å². The highest BCUT2D eigenvalue weighted by molar-refractivity contribution is 6.36. The topological polar surface area (TPSA) is 64.6 Å². The summed E-state index contributed by atoms with van der Waals surface area (Å²) < 4.78 is 10.5. The summed E-state index contributed by atoms with van der Waals surface area (Å²) >= 11 is 17.5. The molecule has 0 heterocycles. The molecule has 1 N–H and O–H groups in total. The fourth-order valence-electron chi connectivity index (χ4n) is 1.94. The maximum atomic E-state index is 12.0. The summed E-state index contributed by atoms with van der Waals surface area (Å²) in [7, 11) is 0. The SMILES string of the molecule is O=C(CNC(=O)c1ccc(Cl)cc1Cl)OCCCOc1ccc(Cl)cc1. The second-order valence-electron chi connectivity index (χ2n) is 5.18. The van der Waals surface area contributed by atoms with Crippen LogP contribution in [-0.2, 0) is 9.53 Å². The van der Waals surface area contributed by atoms with Crippen LogP contribution < -0.4 is 10.1 Å². The van der Waals surface area contributed by atoms with E-state index < -0.39 is 11.9 Å². The van der Waals surface area contributed by atoms with Crippen molar-refractivity contribution in [1.29, 1.82) is 0 Å². The summed E-state index contributed by atoms with van der Waals surface area (Å²) in [5.41, 5.74) is 0.236. The summed E-state index contributed by atoms with van der Waals surface area (Å²) in [5.74, 6) is -0.336. The van der Waals surface area contributed by atoms with E-state index in [0.29, 0.717) is 28.8 Å². The first-order valence-corrected chi connectivity index (χ1v) is 8.86. The number of esters is 1. The van der Waals surface area contributed by atoms with Gasteiger partial charge in [0.1, 0.15) is 12.3 Å². The molecule has 26 heavy (non-hydrogen) atoms. The Bertz CT molecular complexity index is 766. The lowest BCUT2D eigenvalue weighted by Gasteiger charge is -2.09. The van der Waals surface area contributed by atoms with E-state index in [4.69, 9.17) is 44.3 Å². The number of hydrogen-bond donors (Lipinski definition) is 1. The van der Waals surface area contributed by atoms with Crippen molar-refractivity contribution in [2.24, 2.45) is 0 Å². The van der Waals surface area contributed by atoms with Crippen LogP contribution in [-0.4, -0.2) is 31.6 Å². The Balaban J connectivity index is 1.62. The number of amides is 1. The minimum absolute atomic E-state index is 0.185. The number of rotatable bonds is 8. The zero-order valence-electron chi connectivity index (χ0n) is 13.6. The van der Waals surface area contributed by atoms with Crippen molar-refractivity contribution in [3.8, 4) is 5.75 Å². The number of halogens is 3. The van der Waals surface area contributed by atoms with Crippen LogP contribution in [0.4, 0.5) is 0 Å². The third kappa shape index (κ3) is 6.75. The molecule has 1 amide bonds. The zero-order chi connectivity index (χ0) is 18.9. The van der Waals surface area contributed by atoms with Gasteiger partial charge in [-0.25, -0.2) is 0 Å². The lowest BCUT2D eigenvalue weighted by Crippen LogP contribution is -2.31. The van der Waals surface area contributed by atoms with Gasteiger partial charge in [-0.15, -0.1) is 0 Å². The normalized spacial score (nSPS) is 10.3. The molecule has 0 saturated carbocycles. The van der Waals surface area contributed by atoms with Crippen LogP contribution in [0.1, 0.15) is 16.8 Å². The second kappa shape index (κ2) is 10.3. The average Bonchev–Trinajstić information content (AvgIpc) is 2.61. The highest BCUT2D eigenvalue weighted by Gasteiger charge is 2.12. The van der Waals surface area contributed by atoms with Gasteiger partial charge in [0.25, 0.3) is 5.91 Å². The number of carbonyl (C=O) groups excluding carboxylic acids is 2. The van der Waals surface area contributed by atoms with Gasteiger partial charge in [0.15, 0.2) is 0 Å². The van der Waals surface area contributed by atoms with Gasteiger partial charge in [0.05, 0.1) is 23.8 Å². The molecule has 2 aromatic rings. The van der Waals surface area contributed by atoms with E-state index in [9.17, 15) is 9.59 Å². The maximum Gasteiger partial charge on any atom is 0.325 e. The summed E-state index contributed by atoms with van der Waals surface area (Å²) in [5, 5.41) is 3.71. The van der Waals surface area contributed by atoms with E-state index >= 15 is 0 Å². The number of benzene rings is 2. The largest absolute Gasteiger partial charge is 0.493 e. The summed E-state index contributed by atoms with van der Waals surface area (Å²) in [4.78, 5) is 23.6. The molecule has 2 rings (SSSR count). The van der Waals surface area contributed by atoms with E-state index in [0.717, 1.165) is 0 Å². The monoisotopic (exact) mass is 415 g/mol. The lowest BCUT2D eigenvalue weighted by atomic mass is 10.2. The Morgan fingerprint density at radius 1 is 0.923 bits per heavy atom. The van der Waals surface area contributed by atoms with Crippen LogP contribution in [0.25, 0.3) is 0 Å². The van der Waals surface area contributed by atoms with Crippen LogP contribution in [0.5, 0.6) is 5.75 Å². The number of hydrogen-bond acceptors (Lipinski definition) is 4. The molecule has 0 fully saturated rings. The maximum absolute atomic E-state index is 12.0. The molecule has 0 spiro atoms. The Kier molecular flexibility index (Phi) is 8.04. The number of ether oxygens (including phenoxy) is 2. The Hall–Kier alpha value is -1.95. The molecule has 0 aromatic heterocycles. The molecule has 0 atom stereocenters. The molecule has 0 radical (unpaired) electrons. The van der Waals surface area contributed by atoms with Crippen LogP contribution in [0, 0.1) is 0 Å². The van der Waals surface area contributed by atoms with Gasteiger partial charge in [-0.05, 0) is 42.5 Å². The molecular weight excluding hydrogens is 401 g/mol. The fraction of sp³-hybridized carbons (Fsp3) is 0.222. The third-order valence-corrected chi connectivity index (χ3v) is 4.00. The first kappa shape index (κ1) is 20.4. The predicted molar refractivity (Wildman–Crippen MR) is 101 cm³/mol. The van der Waals surface area contributed by atoms with Crippen LogP contribution in [0.2, 0.25) is 15.1 Å². The van der Waals surface area contributed by atoms with E-state index in [1.54, 1.807) is 30.3 Å².